The van der Waals surface area contributed by atoms with Gasteiger partial charge in [-0.1, -0.05) is 134 Å². The number of rotatable bonds is 10. The van der Waals surface area contributed by atoms with Gasteiger partial charge in [0.15, 0.2) is 0 Å². The molecule has 3 heteroatoms. The molecule has 3 N–H and O–H groups in total. The van der Waals surface area contributed by atoms with E-state index in [1.165, 1.54) is 50.1 Å². The molecular formula is C51H78O3. The minimum absolute atomic E-state index is 0.0179. The van der Waals surface area contributed by atoms with E-state index in [0.29, 0.717) is 23.7 Å². The van der Waals surface area contributed by atoms with Crippen LogP contribution in [0, 0.1) is 48.3 Å². The number of allylic oxidation sites excluding steroid dienone is 7. The summed E-state index contributed by atoms with van der Waals surface area (Å²) in [7, 11) is 0. The minimum Gasteiger partial charge on any atom is -0.512 e. The van der Waals surface area contributed by atoms with Crippen LogP contribution in [0.5, 0.6) is 5.75 Å². The summed E-state index contributed by atoms with van der Waals surface area (Å²) in [5.41, 5.74) is 14.1. The highest BCUT2D eigenvalue weighted by atomic mass is 16.3. The molecular weight excluding hydrogens is 661 g/mol. The van der Waals surface area contributed by atoms with Crippen LogP contribution >= 0.6 is 0 Å². The van der Waals surface area contributed by atoms with Crippen molar-refractivity contribution in [3.8, 4) is 5.75 Å². The lowest BCUT2D eigenvalue weighted by molar-refractivity contribution is 0.289. The Morgan fingerprint density at radius 3 is 1.83 bits per heavy atom. The molecule has 0 aliphatic heterocycles. The van der Waals surface area contributed by atoms with Gasteiger partial charge >= 0.3 is 0 Å². The summed E-state index contributed by atoms with van der Waals surface area (Å²) < 4.78 is 0. The molecule has 0 saturated heterocycles. The Morgan fingerprint density at radius 1 is 0.778 bits per heavy atom. The fourth-order valence-corrected chi connectivity index (χ4v) is 8.33. The largest absolute Gasteiger partial charge is 0.512 e. The van der Waals surface area contributed by atoms with Crippen molar-refractivity contribution >= 4 is 0 Å². The third kappa shape index (κ3) is 10.8. The number of hydrogen-bond donors (Lipinski definition) is 3. The Balaban J connectivity index is 2.31. The number of aliphatic hydroxyl groups excluding tert-OH is 2. The van der Waals surface area contributed by atoms with Gasteiger partial charge in [0.1, 0.15) is 11.5 Å². The molecule has 54 heavy (non-hydrogen) atoms. The van der Waals surface area contributed by atoms with Gasteiger partial charge < -0.3 is 15.3 Å². The first-order valence-electron chi connectivity index (χ1n) is 20.6. The standard InChI is InChI=1S/C51H78O3/c1-20-51(18,19)43-29-36(28-42(46(43)54)50(15,16)17)26-39-33(4)37(23-31(2)24-40(48(9,10)11)45(53)30-47(6,7)8)32(3)38(34(39)5)25-35-21-22-44(52)41(27-35)49(12,13)14/h21-22,24,27-28,36,52-54H,20,23,25-26,29-30H2,1-19H3/b31-24+,45-40-. The second-order valence-corrected chi connectivity index (χ2v) is 21.7. The molecule has 3 rings (SSSR count). The number of aromatic hydroxyl groups is 1. The van der Waals surface area contributed by atoms with Crippen molar-refractivity contribution in [3.05, 3.63) is 109 Å². The zero-order chi connectivity index (χ0) is 41.5. The highest BCUT2D eigenvalue weighted by Gasteiger charge is 2.36. The second kappa shape index (κ2) is 16.1. The molecule has 1 unspecified atom stereocenters. The zero-order valence-corrected chi connectivity index (χ0v) is 38.0. The van der Waals surface area contributed by atoms with Gasteiger partial charge in [-0.15, -0.1) is 0 Å². The van der Waals surface area contributed by atoms with Crippen LogP contribution in [-0.4, -0.2) is 15.3 Å². The molecule has 2 aromatic rings. The Bertz CT molecular complexity index is 1820. The van der Waals surface area contributed by atoms with Crippen molar-refractivity contribution in [1.82, 2.24) is 0 Å². The van der Waals surface area contributed by atoms with E-state index < -0.39 is 0 Å². The predicted molar refractivity (Wildman–Crippen MR) is 234 cm³/mol. The molecule has 1 aliphatic carbocycles. The van der Waals surface area contributed by atoms with Gasteiger partial charge in [0, 0.05) is 6.42 Å². The quantitative estimate of drug-likeness (QED) is 0.168. The number of hydrogen-bond acceptors (Lipinski definition) is 3. The van der Waals surface area contributed by atoms with Crippen LogP contribution in [-0.2, 0) is 24.7 Å². The maximum Gasteiger partial charge on any atom is 0.119 e. The molecule has 0 amide bonds. The molecule has 0 spiro atoms. The van der Waals surface area contributed by atoms with Gasteiger partial charge in [0.05, 0.1) is 5.76 Å². The first-order chi connectivity index (χ1) is 24.4. The number of phenolic OH excluding ortho intramolecular Hbond substituents is 1. The van der Waals surface area contributed by atoms with Crippen molar-refractivity contribution in [3.63, 3.8) is 0 Å². The van der Waals surface area contributed by atoms with E-state index in [-0.39, 0.29) is 33.0 Å². The minimum atomic E-state index is -0.199. The van der Waals surface area contributed by atoms with Gasteiger partial charge in [-0.3, -0.25) is 0 Å². The Kier molecular flexibility index (Phi) is 13.5. The van der Waals surface area contributed by atoms with Gasteiger partial charge in [-0.05, 0) is 160 Å². The SMILES string of the molecule is CCC(C)(C)C1=C(O)C(C(C)(C)C)=CC(Cc2c(C)c(C/C(C)=C/C(=C(/O)CC(C)(C)C)C(C)(C)C)c(C)c(Cc3ccc(O)c(C(C)(C)C)c3)c2C)C1. The summed E-state index contributed by atoms with van der Waals surface area (Å²) in [6.07, 6.45) is 9.57. The molecule has 1 atom stereocenters. The molecule has 1 aliphatic rings. The highest BCUT2D eigenvalue weighted by Crippen LogP contribution is 2.47. The molecule has 0 radical (unpaired) electrons. The summed E-state index contributed by atoms with van der Waals surface area (Å²) in [5, 5.41) is 34.0. The Hall–Kier alpha value is -3.20. The third-order valence-electron chi connectivity index (χ3n) is 12.0. The van der Waals surface area contributed by atoms with Crippen molar-refractivity contribution < 1.29 is 15.3 Å². The van der Waals surface area contributed by atoms with Crippen molar-refractivity contribution in [2.24, 2.45) is 27.6 Å². The van der Waals surface area contributed by atoms with Crippen molar-refractivity contribution in [1.29, 1.82) is 0 Å². The first-order valence-corrected chi connectivity index (χ1v) is 20.6. The molecule has 0 bridgehead atoms. The van der Waals surface area contributed by atoms with E-state index in [9.17, 15) is 15.3 Å². The normalized spacial score (nSPS) is 17.2. The van der Waals surface area contributed by atoms with Crippen molar-refractivity contribution in [2.75, 3.05) is 0 Å². The second-order valence-electron chi connectivity index (χ2n) is 21.7. The summed E-state index contributed by atoms with van der Waals surface area (Å²) in [6, 6.07) is 6.14. The summed E-state index contributed by atoms with van der Waals surface area (Å²) in [5.74, 6) is 1.60. The highest BCUT2D eigenvalue weighted by molar-refractivity contribution is 5.55. The summed E-state index contributed by atoms with van der Waals surface area (Å²) in [6.45, 7) is 42.1. The zero-order valence-electron chi connectivity index (χ0n) is 38.0. The third-order valence-corrected chi connectivity index (χ3v) is 12.0. The molecule has 0 aromatic heterocycles. The molecule has 0 heterocycles. The Labute approximate surface area is 331 Å². The van der Waals surface area contributed by atoms with E-state index in [1.807, 2.05) is 6.07 Å². The van der Waals surface area contributed by atoms with Crippen LogP contribution in [0.1, 0.15) is 175 Å². The molecule has 0 fully saturated rings. The predicted octanol–water partition coefficient (Wildman–Crippen LogP) is 14.8. The lowest BCUT2D eigenvalue weighted by Gasteiger charge is -2.37. The van der Waals surface area contributed by atoms with Gasteiger partial charge in [0.25, 0.3) is 0 Å². The van der Waals surface area contributed by atoms with Crippen molar-refractivity contribution in [2.45, 2.75) is 175 Å². The average molecular weight is 739 g/mol. The van der Waals surface area contributed by atoms with Gasteiger partial charge in [-0.25, -0.2) is 0 Å². The molecule has 3 nitrogen and oxygen atoms in total. The maximum atomic E-state index is 11.7. The van der Waals surface area contributed by atoms with E-state index >= 15 is 0 Å². The van der Waals surface area contributed by atoms with Crippen LogP contribution in [0.15, 0.2) is 64.2 Å². The molecule has 300 valence electrons. The van der Waals surface area contributed by atoms with Crippen LogP contribution in [0.25, 0.3) is 0 Å². The van der Waals surface area contributed by atoms with Crippen LogP contribution in [0.3, 0.4) is 0 Å². The Morgan fingerprint density at radius 2 is 1.33 bits per heavy atom. The fraction of sp³-hybridized carbons (Fsp3) is 0.608. The lowest BCUT2D eigenvalue weighted by Crippen LogP contribution is -2.26. The van der Waals surface area contributed by atoms with E-state index in [4.69, 9.17) is 0 Å². The number of phenols is 1. The van der Waals surface area contributed by atoms with E-state index in [1.54, 1.807) is 0 Å². The summed E-state index contributed by atoms with van der Waals surface area (Å²) >= 11 is 0. The summed E-state index contributed by atoms with van der Waals surface area (Å²) in [4.78, 5) is 0. The molecule has 0 saturated carbocycles. The smallest absolute Gasteiger partial charge is 0.119 e. The monoisotopic (exact) mass is 739 g/mol. The molecule has 2 aromatic carbocycles. The first kappa shape index (κ1) is 45.2. The number of benzene rings is 2. The number of aliphatic hydroxyl groups is 2. The average Bonchev–Trinajstić information content (AvgIpc) is 3.01. The van der Waals surface area contributed by atoms with Crippen LogP contribution in [0.2, 0.25) is 0 Å². The van der Waals surface area contributed by atoms with E-state index in [0.717, 1.165) is 48.8 Å². The topological polar surface area (TPSA) is 60.7 Å². The van der Waals surface area contributed by atoms with Gasteiger partial charge in [-0.2, -0.15) is 0 Å². The van der Waals surface area contributed by atoms with Crippen LogP contribution in [0.4, 0.5) is 0 Å². The maximum absolute atomic E-state index is 11.7. The van der Waals surface area contributed by atoms with Gasteiger partial charge in [0.2, 0.25) is 0 Å². The van der Waals surface area contributed by atoms with Crippen LogP contribution < -0.4 is 0 Å². The lowest BCUT2D eigenvalue weighted by atomic mass is 9.68. The fourth-order valence-electron chi connectivity index (χ4n) is 8.33. The van der Waals surface area contributed by atoms with E-state index in [2.05, 4.69) is 156 Å².